The van der Waals surface area contributed by atoms with E-state index in [-0.39, 0.29) is 23.1 Å². The molecular weight excluding hydrogens is 491 g/mol. The van der Waals surface area contributed by atoms with Gasteiger partial charge >= 0.3 is 6.36 Å². The number of anilines is 3. The fourth-order valence-electron chi connectivity index (χ4n) is 4.71. The van der Waals surface area contributed by atoms with E-state index < -0.39 is 23.4 Å². The van der Waals surface area contributed by atoms with Gasteiger partial charge in [-0.1, -0.05) is 19.0 Å². The monoisotopic (exact) mass is 517 g/mol. The van der Waals surface area contributed by atoms with Gasteiger partial charge in [0, 0.05) is 55.3 Å². The third-order valence-corrected chi connectivity index (χ3v) is 6.68. The first-order chi connectivity index (χ1) is 17.4. The molecule has 0 spiro atoms. The Labute approximate surface area is 210 Å². The first kappa shape index (κ1) is 24.8. The highest BCUT2D eigenvalue weighted by molar-refractivity contribution is 5.94. The normalized spacial score (nSPS) is 17.2. The van der Waals surface area contributed by atoms with Gasteiger partial charge in [-0.3, -0.25) is 4.79 Å². The Bertz CT molecular complexity index is 1350. The van der Waals surface area contributed by atoms with Gasteiger partial charge in [0.2, 0.25) is 5.95 Å². The highest BCUT2D eigenvalue weighted by Crippen LogP contribution is 2.44. The van der Waals surface area contributed by atoms with Crippen molar-refractivity contribution in [3.63, 3.8) is 0 Å². The quantitative estimate of drug-likeness (QED) is 0.524. The van der Waals surface area contributed by atoms with E-state index in [0.29, 0.717) is 36.5 Å². The number of amides is 1. The van der Waals surface area contributed by atoms with Gasteiger partial charge in [-0.05, 0) is 31.0 Å². The van der Waals surface area contributed by atoms with E-state index in [4.69, 9.17) is 10.3 Å². The molecule has 0 atom stereocenters. The first-order valence-corrected chi connectivity index (χ1v) is 11.7. The topological polar surface area (TPSA) is 123 Å². The molecule has 0 bridgehead atoms. The van der Waals surface area contributed by atoms with E-state index in [2.05, 4.69) is 30.1 Å². The third kappa shape index (κ3) is 4.90. The maximum absolute atomic E-state index is 13.3. The number of hydrogen-bond acceptors (Lipinski definition) is 9. The molecular formula is C24H26F3N7O3. The van der Waals surface area contributed by atoms with Crippen molar-refractivity contribution >= 4 is 23.2 Å². The van der Waals surface area contributed by atoms with Crippen LogP contribution in [0, 0.1) is 0 Å². The smallest absolute Gasteiger partial charge is 0.403 e. The number of fused-ring (bicyclic) bond motifs is 3. The molecule has 37 heavy (non-hydrogen) atoms. The number of carbonyl (C=O) groups is 1. The molecule has 13 heteroatoms. The summed E-state index contributed by atoms with van der Waals surface area (Å²) in [5.74, 6) is -0.808. The molecule has 3 heterocycles. The van der Waals surface area contributed by atoms with Crippen LogP contribution in [-0.2, 0) is 11.8 Å². The summed E-state index contributed by atoms with van der Waals surface area (Å²) in [5.41, 5.74) is 7.34. The molecule has 0 unspecified atom stereocenters. The second-order valence-electron chi connectivity index (χ2n) is 9.86. The molecule has 5 rings (SSSR count). The van der Waals surface area contributed by atoms with E-state index in [1.165, 1.54) is 12.1 Å². The predicted octanol–water partition coefficient (Wildman–Crippen LogP) is 3.46. The van der Waals surface area contributed by atoms with Crippen molar-refractivity contribution in [2.24, 2.45) is 5.73 Å². The van der Waals surface area contributed by atoms with E-state index in [0.717, 1.165) is 18.7 Å². The number of carbonyl (C=O) groups excluding carboxylic acids is 1. The number of aromatic nitrogens is 3. The molecule has 2 aromatic heterocycles. The highest BCUT2D eigenvalue weighted by Gasteiger charge is 2.38. The average molecular weight is 518 g/mol. The summed E-state index contributed by atoms with van der Waals surface area (Å²) in [6.07, 6.45) is -2.87. The number of nitrogens with one attached hydrogen (secondary N) is 1. The Morgan fingerprint density at radius 2 is 1.95 bits per heavy atom. The predicted molar refractivity (Wildman–Crippen MR) is 129 cm³/mol. The van der Waals surface area contributed by atoms with Gasteiger partial charge in [0.05, 0.1) is 5.69 Å². The first-order valence-electron chi connectivity index (χ1n) is 11.7. The van der Waals surface area contributed by atoms with Crippen molar-refractivity contribution in [3.05, 3.63) is 41.2 Å². The Balaban J connectivity index is 1.50. The van der Waals surface area contributed by atoms with Gasteiger partial charge < -0.3 is 30.1 Å². The Kier molecular flexibility index (Phi) is 5.97. The summed E-state index contributed by atoms with van der Waals surface area (Å²) in [6, 6.07) is 4.59. The molecule has 0 saturated carbocycles. The Morgan fingerprint density at radius 1 is 1.22 bits per heavy atom. The van der Waals surface area contributed by atoms with Crippen LogP contribution in [-0.4, -0.2) is 65.5 Å². The minimum absolute atomic E-state index is 0.0267. The summed E-state index contributed by atoms with van der Waals surface area (Å²) in [6.45, 7) is 6.88. The second kappa shape index (κ2) is 8.91. The van der Waals surface area contributed by atoms with E-state index >= 15 is 0 Å². The van der Waals surface area contributed by atoms with Gasteiger partial charge in [0.1, 0.15) is 5.69 Å². The van der Waals surface area contributed by atoms with Crippen molar-refractivity contribution in [1.29, 1.82) is 0 Å². The maximum atomic E-state index is 13.3. The van der Waals surface area contributed by atoms with Crippen LogP contribution in [0.15, 0.2) is 28.9 Å². The lowest BCUT2D eigenvalue weighted by Gasteiger charge is -2.34. The molecule has 1 aliphatic carbocycles. The lowest BCUT2D eigenvalue weighted by atomic mass is 9.74. The molecule has 1 saturated heterocycles. The van der Waals surface area contributed by atoms with Gasteiger partial charge in [0.15, 0.2) is 17.2 Å². The van der Waals surface area contributed by atoms with Crippen LogP contribution >= 0.6 is 0 Å². The molecule has 1 aliphatic heterocycles. The number of hydrogen-bond donors (Lipinski definition) is 2. The standard InChI is InChI=1S/C24H26F3N7O3/c1-23(2)11-14-18(21(28)35)32-37-20(14)19-15(23)12-29-22(31-19)30-16-5-4-13(10-17(16)36-24(25,26)27)34-8-6-33(3)7-9-34/h4-5,10,12H,6-9,11H2,1-3H3,(H2,28,35)(H,29,30,31). The molecule has 10 nitrogen and oxygen atoms in total. The summed E-state index contributed by atoms with van der Waals surface area (Å²) in [5, 5.41) is 6.65. The Hall–Kier alpha value is -3.87. The highest BCUT2D eigenvalue weighted by atomic mass is 19.4. The number of primary amides is 1. The molecule has 196 valence electrons. The number of nitrogens with two attached hydrogens (primary N) is 1. The number of alkyl halides is 3. The fraction of sp³-hybridized carbons (Fsp3) is 0.417. The second-order valence-corrected chi connectivity index (χ2v) is 9.86. The zero-order valence-corrected chi connectivity index (χ0v) is 20.5. The van der Waals surface area contributed by atoms with Crippen LogP contribution in [0.5, 0.6) is 5.75 Å². The molecule has 3 aromatic rings. The third-order valence-electron chi connectivity index (χ3n) is 6.68. The molecule has 1 fully saturated rings. The summed E-state index contributed by atoms with van der Waals surface area (Å²) < 4.78 is 49.6. The van der Waals surface area contributed by atoms with E-state index in [9.17, 15) is 18.0 Å². The van der Waals surface area contributed by atoms with Crippen molar-refractivity contribution < 1.29 is 27.2 Å². The van der Waals surface area contributed by atoms with Crippen LogP contribution in [0.25, 0.3) is 11.5 Å². The van der Waals surface area contributed by atoms with Gasteiger partial charge in [0.25, 0.3) is 5.91 Å². The average Bonchev–Trinajstić information content (AvgIpc) is 3.23. The van der Waals surface area contributed by atoms with Gasteiger partial charge in [-0.15, -0.1) is 13.2 Å². The molecule has 1 aromatic carbocycles. The number of benzene rings is 1. The molecule has 2 aliphatic rings. The number of nitrogens with zero attached hydrogens (tertiary/aromatic N) is 5. The van der Waals surface area contributed by atoms with E-state index in [1.54, 1.807) is 12.3 Å². The van der Waals surface area contributed by atoms with Gasteiger partial charge in [-0.2, -0.15) is 0 Å². The van der Waals surface area contributed by atoms with Crippen LogP contribution < -0.4 is 20.7 Å². The lowest BCUT2D eigenvalue weighted by Crippen LogP contribution is -2.44. The van der Waals surface area contributed by atoms with E-state index in [1.807, 2.05) is 25.8 Å². The number of piperazine rings is 1. The van der Waals surface area contributed by atoms with Crippen molar-refractivity contribution in [1.82, 2.24) is 20.0 Å². The van der Waals surface area contributed by atoms with Crippen LogP contribution in [0.4, 0.5) is 30.5 Å². The summed E-state index contributed by atoms with van der Waals surface area (Å²) in [7, 11) is 2.00. The fourth-order valence-corrected chi connectivity index (χ4v) is 4.71. The number of halogens is 3. The number of likely N-dealkylation sites (N-methyl/N-ethyl adjacent to an activating group) is 1. The number of rotatable bonds is 5. The van der Waals surface area contributed by atoms with Gasteiger partial charge in [-0.25, -0.2) is 9.97 Å². The minimum Gasteiger partial charge on any atom is -0.403 e. The Morgan fingerprint density at radius 3 is 2.62 bits per heavy atom. The molecule has 1 amide bonds. The van der Waals surface area contributed by atoms with Crippen LogP contribution in [0.3, 0.4) is 0 Å². The minimum atomic E-state index is -4.89. The zero-order chi connectivity index (χ0) is 26.5. The maximum Gasteiger partial charge on any atom is 0.573 e. The van der Waals surface area contributed by atoms with Crippen LogP contribution in [0.2, 0.25) is 0 Å². The number of ether oxygens (including phenoxy) is 1. The van der Waals surface area contributed by atoms with Crippen molar-refractivity contribution in [3.8, 4) is 17.2 Å². The zero-order valence-electron chi connectivity index (χ0n) is 20.5. The SMILES string of the molecule is CN1CCN(c2ccc(Nc3ncc4c(n3)-c3onc(C(N)=O)c3CC4(C)C)c(OC(F)(F)F)c2)CC1. The summed E-state index contributed by atoms with van der Waals surface area (Å²) in [4.78, 5) is 24.8. The van der Waals surface area contributed by atoms with Crippen molar-refractivity contribution in [2.45, 2.75) is 32.0 Å². The van der Waals surface area contributed by atoms with Crippen LogP contribution in [0.1, 0.15) is 35.5 Å². The lowest BCUT2D eigenvalue weighted by molar-refractivity contribution is -0.274. The molecule has 0 radical (unpaired) electrons. The molecule has 3 N–H and O–H groups in total. The summed E-state index contributed by atoms with van der Waals surface area (Å²) >= 11 is 0. The van der Waals surface area contributed by atoms with Crippen molar-refractivity contribution in [2.75, 3.05) is 43.4 Å². The largest absolute Gasteiger partial charge is 0.573 e.